The van der Waals surface area contributed by atoms with Crippen LogP contribution in [0, 0.1) is 22.7 Å². The number of hydrogen-bond donors (Lipinski definition) is 4. The number of anilines is 1. The molecule has 49 heavy (non-hydrogen) atoms. The molecule has 5 rings (SSSR count). The highest BCUT2D eigenvalue weighted by molar-refractivity contribution is 7.98. The first-order valence-electron chi connectivity index (χ1n) is 15.3. The van der Waals surface area contributed by atoms with E-state index in [-0.39, 0.29) is 29.8 Å². The Bertz CT molecular complexity index is 1920. The normalized spacial score (nSPS) is 14.4. The quantitative estimate of drug-likeness (QED) is 0.105. The van der Waals surface area contributed by atoms with Gasteiger partial charge in [0.25, 0.3) is 5.72 Å². The van der Waals surface area contributed by atoms with Gasteiger partial charge in [0.15, 0.2) is 0 Å². The number of ether oxygens (including phenoxy) is 1. The fourth-order valence-corrected chi connectivity index (χ4v) is 7.17. The minimum atomic E-state index is -2.13. The Hall–Kier alpha value is -4.70. The third-order valence-corrected chi connectivity index (χ3v) is 10.0. The number of aromatic nitrogens is 2. The number of nitrogens with zero attached hydrogens (tertiary/aromatic N) is 5. The topological polar surface area (TPSA) is 204 Å². The highest BCUT2D eigenvalue weighted by atomic mass is 35.5. The van der Waals surface area contributed by atoms with E-state index in [9.17, 15) is 25.2 Å². The zero-order valence-electron chi connectivity index (χ0n) is 26.5. The van der Waals surface area contributed by atoms with Crippen LogP contribution in [0.3, 0.4) is 0 Å². The number of thioether (sulfide) groups is 1. The number of pyridine rings is 1. The largest absolute Gasteiger partial charge is 0.477 e. The summed E-state index contributed by atoms with van der Waals surface area (Å²) in [6.07, 6.45) is 2.08. The van der Waals surface area contributed by atoms with E-state index in [0.717, 1.165) is 42.2 Å². The average Bonchev–Trinajstić information content (AvgIpc) is 3.80. The summed E-state index contributed by atoms with van der Waals surface area (Å²) in [5.41, 5.74) is 12.4. The molecule has 2 atom stereocenters. The van der Waals surface area contributed by atoms with Gasteiger partial charge in [-0.05, 0) is 55.6 Å². The summed E-state index contributed by atoms with van der Waals surface area (Å²) in [6, 6.07) is 17.3. The van der Waals surface area contributed by atoms with E-state index >= 15 is 0 Å². The molecular formula is C34H33ClN8O4S2. The second-order valence-electron chi connectivity index (χ2n) is 11.4. The summed E-state index contributed by atoms with van der Waals surface area (Å²) in [6.45, 7) is 2.82. The lowest BCUT2D eigenvalue weighted by molar-refractivity contribution is -0.160. The number of thiazole rings is 1. The first-order chi connectivity index (χ1) is 23.6. The molecule has 1 amide bonds. The van der Waals surface area contributed by atoms with Crippen molar-refractivity contribution in [1.82, 2.24) is 15.3 Å². The molecule has 0 aliphatic carbocycles. The number of rotatable bonds is 13. The molecule has 252 valence electrons. The smallest absolute Gasteiger partial charge is 0.369 e. The first-order valence-corrected chi connectivity index (χ1v) is 17.6. The lowest BCUT2D eigenvalue weighted by Gasteiger charge is -2.28. The van der Waals surface area contributed by atoms with Crippen LogP contribution in [0.2, 0.25) is 5.02 Å². The Morgan fingerprint density at radius 2 is 1.76 bits per heavy atom. The summed E-state index contributed by atoms with van der Waals surface area (Å²) < 4.78 is 5.74. The summed E-state index contributed by atoms with van der Waals surface area (Å²) in [4.78, 5) is 36.3. The standard InChI is InChI=1S/C34H33ClN8O4S2/c1-34(33(45)46,42-30(44)27(39)12-13-36)47-24-10-6-20(7-11-24)28-25(16-37)29(43-14-2-3-15-43)41-32(26(28)17-38)49-19-23-18-48-31(40-23)21-4-8-22(35)9-5-21/h4-11,18,27H,2-3,12-15,19,36,39H2,1H3,(H,42,44)(H,45,46)/t27-,34+/m0/s1. The van der Waals surface area contributed by atoms with Gasteiger partial charge in [-0.1, -0.05) is 47.6 Å². The van der Waals surface area contributed by atoms with Crippen LogP contribution >= 0.6 is 34.7 Å². The van der Waals surface area contributed by atoms with Gasteiger partial charge in [0, 0.05) is 47.3 Å². The zero-order chi connectivity index (χ0) is 35.1. The maximum atomic E-state index is 12.5. The van der Waals surface area contributed by atoms with E-state index in [2.05, 4.69) is 22.4 Å². The van der Waals surface area contributed by atoms with Gasteiger partial charge in [0.1, 0.15) is 39.3 Å². The highest BCUT2D eigenvalue weighted by Crippen LogP contribution is 2.40. The molecule has 3 heterocycles. The number of benzene rings is 2. The maximum Gasteiger partial charge on any atom is 0.369 e. The van der Waals surface area contributed by atoms with Crippen LogP contribution < -0.4 is 26.4 Å². The molecule has 0 spiro atoms. The third-order valence-electron chi connectivity index (χ3n) is 7.82. The van der Waals surface area contributed by atoms with Crippen LogP contribution in [0.25, 0.3) is 21.7 Å². The van der Waals surface area contributed by atoms with Crippen molar-refractivity contribution in [3.63, 3.8) is 0 Å². The summed E-state index contributed by atoms with van der Waals surface area (Å²) in [7, 11) is 0. The number of carbonyl (C=O) groups excluding carboxylic acids is 1. The van der Waals surface area contributed by atoms with E-state index in [1.54, 1.807) is 12.1 Å². The predicted molar refractivity (Wildman–Crippen MR) is 189 cm³/mol. The molecule has 12 nitrogen and oxygen atoms in total. The van der Waals surface area contributed by atoms with Crippen molar-refractivity contribution in [2.45, 2.75) is 48.7 Å². The Morgan fingerprint density at radius 3 is 2.37 bits per heavy atom. The SMILES string of the molecule is C[C@@](NC(=O)[C@@H](N)CCN)(Oc1ccc(-c2c(C#N)c(SCc3csc(-c4ccc(Cl)cc4)n3)nc(N3CCCC3)c2C#N)cc1)C(=O)O. The number of carboxylic acids is 1. The number of halogens is 1. The van der Waals surface area contributed by atoms with Crippen LogP contribution in [0.15, 0.2) is 58.9 Å². The molecule has 2 aromatic heterocycles. The van der Waals surface area contributed by atoms with Gasteiger partial charge in [-0.15, -0.1) is 11.3 Å². The van der Waals surface area contributed by atoms with Gasteiger partial charge in [-0.3, -0.25) is 4.79 Å². The van der Waals surface area contributed by atoms with E-state index in [1.165, 1.54) is 42.2 Å². The number of amides is 1. The fraction of sp³-hybridized carbons (Fsp3) is 0.294. The van der Waals surface area contributed by atoms with E-state index in [4.69, 9.17) is 37.8 Å². The van der Waals surface area contributed by atoms with Crippen LogP contribution in [0.4, 0.5) is 5.82 Å². The first kappa shape index (κ1) is 35.6. The lowest BCUT2D eigenvalue weighted by Crippen LogP contribution is -2.60. The summed E-state index contributed by atoms with van der Waals surface area (Å²) in [5.74, 6) is -1.08. The Morgan fingerprint density at radius 1 is 1.10 bits per heavy atom. The van der Waals surface area contributed by atoms with Crippen molar-refractivity contribution < 1.29 is 19.4 Å². The number of aliphatic carboxylic acids is 1. The molecule has 6 N–H and O–H groups in total. The van der Waals surface area contributed by atoms with Gasteiger partial charge >= 0.3 is 5.97 Å². The van der Waals surface area contributed by atoms with Crippen LogP contribution in [-0.2, 0) is 15.3 Å². The van der Waals surface area contributed by atoms with Crippen LogP contribution in [0.5, 0.6) is 5.75 Å². The molecule has 2 aromatic carbocycles. The number of nitrogens with one attached hydrogen (secondary N) is 1. The molecule has 1 saturated heterocycles. The van der Waals surface area contributed by atoms with E-state index < -0.39 is 23.6 Å². The summed E-state index contributed by atoms with van der Waals surface area (Å²) in [5, 5.41) is 37.0. The van der Waals surface area contributed by atoms with E-state index in [0.29, 0.717) is 32.7 Å². The lowest BCUT2D eigenvalue weighted by atomic mass is 9.96. The number of hydrogen-bond acceptors (Lipinski definition) is 12. The molecule has 0 radical (unpaired) electrons. The minimum Gasteiger partial charge on any atom is -0.477 e. The highest BCUT2D eigenvalue weighted by Gasteiger charge is 2.39. The van der Waals surface area contributed by atoms with Gasteiger partial charge in [0.05, 0.1) is 17.3 Å². The van der Waals surface area contributed by atoms with Gasteiger partial charge in [-0.2, -0.15) is 10.5 Å². The number of nitrogens with two attached hydrogens (primary N) is 2. The van der Waals surface area contributed by atoms with Crippen molar-refractivity contribution in [3.05, 3.63) is 75.8 Å². The van der Waals surface area contributed by atoms with Crippen molar-refractivity contribution in [1.29, 1.82) is 10.5 Å². The van der Waals surface area contributed by atoms with Crippen molar-refractivity contribution >= 4 is 52.4 Å². The van der Waals surface area contributed by atoms with Crippen LogP contribution in [-0.4, -0.2) is 58.4 Å². The van der Waals surface area contributed by atoms with Crippen molar-refractivity contribution in [2.75, 3.05) is 24.5 Å². The van der Waals surface area contributed by atoms with Gasteiger partial charge < -0.3 is 31.5 Å². The molecule has 15 heteroatoms. The monoisotopic (exact) mass is 716 g/mol. The molecule has 0 saturated carbocycles. The molecule has 1 aliphatic rings. The Labute approximate surface area is 296 Å². The Kier molecular flexibility index (Phi) is 11.4. The van der Waals surface area contributed by atoms with Gasteiger partial charge in [0.2, 0.25) is 5.91 Å². The number of nitriles is 2. The predicted octanol–water partition coefficient (Wildman–Crippen LogP) is 5.13. The maximum absolute atomic E-state index is 12.5. The van der Waals surface area contributed by atoms with E-state index in [1.807, 2.05) is 29.6 Å². The second-order valence-corrected chi connectivity index (χ2v) is 13.6. The minimum absolute atomic E-state index is 0.127. The van der Waals surface area contributed by atoms with Crippen molar-refractivity contribution in [2.24, 2.45) is 11.5 Å². The fourth-order valence-electron chi connectivity index (χ4n) is 5.24. The number of carbonyl (C=O) groups is 2. The molecular weight excluding hydrogens is 684 g/mol. The molecule has 1 fully saturated rings. The average molecular weight is 717 g/mol. The molecule has 1 aliphatic heterocycles. The zero-order valence-corrected chi connectivity index (χ0v) is 28.9. The van der Waals surface area contributed by atoms with Crippen LogP contribution in [0.1, 0.15) is 43.0 Å². The third kappa shape index (κ3) is 8.13. The second kappa shape index (κ2) is 15.7. The molecule has 0 unspecified atom stereocenters. The number of carboxylic acid groups (broad SMARTS) is 1. The Balaban J connectivity index is 1.47. The molecule has 4 aromatic rings. The summed E-state index contributed by atoms with van der Waals surface area (Å²) >= 11 is 8.92. The van der Waals surface area contributed by atoms with Gasteiger partial charge in [-0.25, -0.2) is 14.8 Å². The molecule has 0 bridgehead atoms. The van der Waals surface area contributed by atoms with Crippen molar-refractivity contribution in [3.8, 4) is 39.6 Å².